The van der Waals surface area contributed by atoms with Crippen LogP contribution in [0.15, 0.2) is 29.8 Å². The Kier molecular flexibility index (Phi) is 4.06. The maximum atomic E-state index is 13.7. The molecule has 126 valence electrons. The van der Waals surface area contributed by atoms with E-state index in [4.69, 9.17) is 21.8 Å². The molecule has 2 rings (SSSR count). The second-order valence-electron chi connectivity index (χ2n) is 4.72. The first-order chi connectivity index (χ1) is 12.5. The van der Waals surface area contributed by atoms with E-state index >= 15 is 0 Å². The van der Waals surface area contributed by atoms with Crippen LogP contribution >= 0.6 is 11.6 Å². The fourth-order valence-electron chi connectivity index (χ4n) is 2.14. The molecule has 8 heteroatoms. The van der Waals surface area contributed by atoms with Gasteiger partial charge in [-0.05, 0) is 44.3 Å². The van der Waals surface area contributed by atoms with Gasteiger partial charge in [0.2, 0.25) is 10.0 Å². The van der Waals surface area contributed by atoms with Gasteiger partial charge in [0.15, 0.2) is 0 Å². The molecule has 1 aromatic rings. The van der Waals surface area contributed by atoms with Crippen molar-refractivity contribution in [1.29, 1.82) is 0 Å². The molecule has 5 nitrogen and oxygen atoms in total. The molecule has 1 aliphatic carbocycles. The number of esters is 1. The number of nitrogens with one attached hydrogen (secondary N) is 1. The Balaban J connectivity index is 2.51. The van der Waals surface area contributed by atoms with Crippen molar-refractivity contribution in [3.8, 4) is 0 Å². The van der Waals surface area contributed by atoms with Crippen LogP contribution in [-0.2, 0) is 19.6 Å². The Morgan fingerprint density at radius 3 is 3.00 bits per heavy atom. The number of hydrogen-bond donors (Lipinski definition) is 1. The monoisotopic (exact) mass is 365 g/mol. The Labute approximate surface area is 145 Å². The van der Waals surface area contributed by atoms with Gasteiger partial charge in [0.1, 0.15) is 11.1 Å². The number of rotatable bonds is 5. The fraction of sp³-hybridized carbons (Fsp3) is 0.400. The Hall–Kier alpha value is -1.60. The summed E-state index contributed by atoms with van der Waals surface area (Å²) < 4.78 is 76.9. The zero-order valence-corrected chi connectivity index (χ0v) is 13.8. The summed E-state index contributed by atoms with van der Waals surface area (Å²) in [7, 11) is -4.40. The molecule has 0 bridgehead atoms. The summed E-state index contributed by atoms with van der Waals surface area (Å²) >= 11 is 5.80. The molecule has 1 unspecified atom stereocenters. The highest BCUT2D eigenvalue weighted by Crippen LogP contribution is 2.30. The lowest BCUT2D eigenvalue weighted by Gasteiger charge is -2.24. The Morgan fingerprint density at radius 2 is 2.30 bits per heavy atom. The van der Waals surface area contributed by atoms with Crippen LogP contribution in [0.25, 0.3) is 0 Å². The maximum Gasteiger partial charge on any atom is 0.335 e. The molecule has 1 aromatic carbocycles. The number of carbonyl (C=O) groups is 1. The minimum atomic E-state index is -4.40. The quantitative estimate of drug-likeness (QED) is 0.813. The summed E-state index contributed by atoms with van der Waals surface area (Å²) in [4.78, 5) is 12.1. The first-order valence-electron chi connectivity index (χ1n) is 8.86. The van der Waals surface area contributed by atoms with Crippen molar-refractivity contribution in [1.82, 2.24) is 0 Å². The molecule has 0 spiro atoms. The van der Waals surface area contributed by atoms with E-state index in [1.807, 2.05) is 4.72 Å². The van der Waals surface area contributed by atoms with Crippen molar-refractivity contribution in [3.05, 3.63) is 40.6 Å². The van der Waals surface area contributed by atoms with E-state index < -0.39 is 55.9 Å². The van der Waals surface area contributed by atoms with Crippen LogP contribution < -0.4 is 4.72 Å². The SMILES string of the molecule is [2H]C1=C(C(=O)OCC)C(S(=O)(=O)Nc2c([2H])c([2H])c(F)c([2H])c2Cl)CCC1. The first-order valence-corrected chi connectivity index (χ1v) is 8.78. The minimum absolute atomic E-state index is 0.000867. The average Bonchev–Trinajstić information content (AvgIpc) is 2.62. The van der Waals surface area contributed by atoms with E-state index in [1.54, 1.807) is 6.92 Å². The summed E-state index contributed by atoms with van der Waals surface area (Å²) in [6, 6.07) is -2.89. The Bertz CT molecular complexity index is 894. The molecule has 23 heavy (non-hydrogen) atoms. The average molecular weight is 366 g/mol. The fourth-order valence-corrected chi connectivity index (χ4v) is 3.92. The molecule has 0 amide bonds. The molecular weight excluding hydrogens is 345 g/mol. The van der Waals surface area contributed by atoms with Crippen molar-refractivity contribution >= 4 is 33.3 Å². The molecular formula is C15H17ClFNO4S. The molecule has 1 aliphatic rings. The van der Waals surface area contributed by atoms with E-state index in [0.717, 1.165) is 0 Å². The predicted octanol–water partition coefficient (Wildman–Crippen LogP) is 3.26. The van der Waals surface area contributed by atoms with E-state index in [9.17, 15) is 17.6 Å². The van der Waals surface area contributed by atoms with Crippen LogP contribution in [0.5, 0.6) is 0 Å². The smallest absolute Gasteiger partial charge is 0.335 e. The summed E-state index contributed by atoms with van der Waals surface area (Å²) in [5.41, 5.74) is -0.925. The van der Waals surface area contributed by atoms with Crippen LogP contribution in [0.3, 0.4) is 0 Å². The van der Waals surface area contributed by atoms with Gasteiger partial charge in [0.05, 0.1) is 28.4 Å². The summed E-state index contributed by atoms with van der Waals surface area (Å²) in [6.07, 6.45) is 0.583. The van der Waals surface area contributed by atoms with Crippen LogP contribution in [0.2, 0.25) is 5.02 Å². The van der Waals surface area contributed by atoms with Gasteiger partial charge in [-0.3, -0.25) is 4.72 Å². The van der Waals surface area contributed by atoms with E-state index in [-0.39, 0.29) is 31.1 Å². The zero-order valence-electron chi connectivity index (χ0n) is 16.2. The van der Waals surface area contributed by atoms with Crippen molar-refractivity contribution < 1.29 is 27.8 Å². The van der Waals surface area contributed by atoms with Gasteiger partial charge in [0, 0.05) is 0 Å². The van der Waals surface area contributed by atoms with E-state index in [0.29, 0.717) is 6.42 Å². The highest BCUT2D eigenvalue weighted by atomic mass is 35.5. The number of benzene rings is 1. The van der Waals surface area contributed by atoms with Gasteiger partial charge in [-0.25, -0.2) is 17.6 Å². The highest BCUT2D eigenvalue weighted by Gasteiger charge is 2.35. The highest BCUT2D eigenvalue weighted by molar-refractivity contribution is 7.93. The van der Waals surface area contributed by atoms with Crippen molar-refractivity contribution in [2.75, 3.05) is 11.3 Å². The van der Waals surface area contributed by atoms with Gasteiger partial charge >= 0.3 is 5.97 Å². The number of hydrogen-bond acceptors (Lipinski definition) is 4. The maximum absolute atomic E-state index is 13.7. The predicted molar refractivity (Wildman–Crippen MR) is 86.3 cm³/mol. The minimum Gasteiger partial charge on any atom is -0.463 e. The first kappa shape index (κ1) is 12.8. The van der Waals surface area contributed by atoms with Gasteiger partial charge in [-0.1, -0.05) is 17.7 Å². The van der Waals surface area contributed by atoms with Crippen molar-refractivity contribution in [2.45, 2.75) is 31.4 Å². The topological polar surface area (TPSA) is 72.5 Å². The lowest BCUT2D eigenvalue weighted by atomic mass is 9.99. The van der Waals surface area contributed by atoms with Gasteiger partial charge < -0.3 is 4.74 Å². The van der Waals surface area contributed by atoms with Crippen LogP contribution in [-0.4, -0.2) is 26.2 Å². The van der Waals surface area contributed by atoms with E-state index in [2.05, 4.69) is 0 Å². The van der Waals surface area contributed by atoms with Gasteiger partial charge in [-0.2, -0.15) is 0 Å². The molecule has 0 fully saturated rings. The molecule has 0 radical (unpaired) electrons. The lowest BCUT2D eigenvalue weighted by Crippen LogP contribution is -2.34. The second kappa shape index (κ2) is 7.31. The molecule has 0 aromatic heterocycles. The number of carbonyl (C=O) groups excluding carboxylic acids is 1. The number of sulfonamides is 1. The van der Waals surface area contributed by atoms with E-state index in [1.165, 1.54) is 0 Å². The molecule has 1 atom stereocenters. The third-order valence-corrected chi connectivity index (χ3v) is 5.12. The largest absolute Gasteiger partial charge is 0.463 e. The van der Waals surface area contributed by atoms with Crippen LogP contribution in [0.1, 0.15) is 31.7 Å². The summed E-state index contributed by atoms with van der Waals surface area (Å²) in [5.74, 6) is -2.26. The second-order valence-corrected chi connectivity index (χ2v) is 6.96. The molecule has 0 aliphatic heterocycles. The third-order valence-electron chi connectivity index (χ3n) is 3.13. The van der Waals surface area contributed by atoms with Crippen LogP contribution in [0.4, 0.5) is 10.1 Å². The van der Waals surface area contributed by atoms with Crippen molar-refractivity contribution in [3.63, 3.8) is 0 Å². The molecule has 0 saturated carbocycles. The number of allylic oxidation sites excluding steroid dienone is 1. The van der Waals surface area contributed by atoms with Crippen LogP contribution in [0, 0.1) is 5.82 Å². The number of halogens is 2. The summed E-state index contributed by atoms with van der Waals surface area (Å²) in [5, 5.41) is -2.10. The zero-order chi connectivity index (χ0) is 20.5. The van der Waals surface area contributed by atoms with Crippen molar-refractivity contribution in [2.24, 2.45) is 0 Å². The molecule has 0 saturated heterocycles. The summed E-state index contributed by atoms with van der Waals surface area (Å²) in [6.45, 7) is 1.55. The number of ether oxygens (including phenoxy) is 1. The lowest BCUT2D eigenvalue weighted by molar-refractivity contribution is -0.138. The molecule has 1 N–H and O–H groups in total. The third kappa shape index (κ3) is 4.23. The van der Waals surface area contributed by atoms with Gasteiger partial charge in [-0.15, -0.1) is 0 Å². The normalized spacial score (nSPS) is 21.1. The van der Waals surface area contributed by atoms with Gasteiger partial charge in [0.25, 0.3) is 0 Å². The molecule has 0 heterocycles. The Morgan fingerprint density at radius 1 is 1.57 bits per heavy atom. The standard InChI is InChI=1S/C15H17ClFNO4S/c1-2-22-15(19)11-5-3-4-6-14(11)23(20,21)18-13-8-7-10(17)9-12(13)16/h5,7-9,14,18H,2-4,6H2,1H3/i5D,7D,8D,9D. The number of anilines is 1.